The maximum atomic E-state index is 14.5. The van der Waals surface area contributed by atoms with Gasteiger partial charge in [0.25, 0.3) is 5.91 Å². The summed E-state index contributed by atoms with van der Waals surface area (Å²) in [6.45, 7) is 10.8. The summed E-state index contributed by atoms with van der Waals surface area (Å²) < 4.78 is 22.1. The van der Waals surface area contributed by atoms with Crippen molar-refractivity contribution in [2.24, 2.45) is 0 Å². The van der Waals surface area contributed by atoms with E-state index in [4.69, 9.17) is 4.74 Å². The maximum Gasteiger partial charge on any atom is 0.291 e. The van der Waals surface area contributed by atoms with Crippen LogP contribution in [0.2, 0.25) is 0 Å². The molecule has 2 heterocycles. The Morgan fingerprint density at radius 1 is 1.31 bits per heavy atom. The molecular formula is C20H26FN3O2. The standard InChI is InChI=1S/C20H26FN3O2/c1-6-7-10-23-12-24-17(13(2)22-18(24)19(23)25)14-8-9-16(15(21)11-14)26-20(3,4)5/h8-9,11H,6-7,10,12H2,1-5H3. The van der Waals surface area contributed by atoms with E-state index < -0.39 is 11.4 Å². The van der Waals surface area contributed by atoms with E-state index in [0.717, 1.165) is 24.2 Å². The number of aromatic nitrogens is 2. The summed E-state index contributed by atoms with van der Waals surface area (Å²) in [6.07, 6.45) is 1.98. The first-order chi connectivity index (χ1) is 12.2. The molecule has 0 aliphatic carbocycles. The average molecular weight is 359 g/mol. The monoisotopic (exact) mass is 359 g/mol. The van der Waals surface area contributed by atoms with Gasteiger partial charge < -0.3 is 14.2 Å². The third-order valence-corrected chi connectivity index (χ3v) is 4.34. The number of unbranched alkanes of at least 4 members (excludes halogenated alkanes) is 1. The molecule has 0 saturated carbocycles. The van der Waals surface area contributed by atoms with Crippen molar-refractivity contribution in [3.8, 4) is 17.0 Å². The molecule has 0 spiro atoms. The maximum absolute atomic E-state index is 14.5. The van der Waals surface area contributed by atoms with E-state index in [0.29, 0.717) is 24.6 Å². The lowest BCUT2D eigenvalue weighted by atomic mass is 10.1. The number of nitrogens with zero attached hydrogens (tertiary/aromatic N) is 3. The van der Waals surface area contributed by atoms with E-state index in [1.165, 1.54) is 6.07 Å². The van der Waals surface area contributed by atoms with Gasteiger partial charge in [-0.3, -0.25) is 4.79 Å². The SMILES string of the molecule is CCCCN1Cn2c(nc(C)c2-c2ccc(OC(C)(C)C)c(F)c2)C1=O. The molecule has 2 aromatic rings. The number of carbonyl (C=O) groups excluding carboxylic acids is 1. The van der Waals surface area contributed by atoms with Crippen LogP contribution in [0.5, 0.6) is 5.75 Å². The number of rotatable bonds is 5. The van der Waals surface area contributed by atoms with Crippen LogP contribution in [0.3, 0.4) is 0 Å². The minimum absolute atomic E-state index is 0.0547. The molecule has 26 heavy (non-hydrogen) atoms. The van der Waals surface area contributed by atoms with Crippen LogP contribution >= 0.6 is 0 Å². The average Bonchev–Trinajstić information content (AvgIpc) is 3.02. The van der Waals surface area contributed by atoms with Gasteiger partial charge in [0, 0.05) is 12.1 Å². The molecule has 1 amide bonds. The van der Waals surface area contributed by atoms with Crippen molar-refractivity contribution in [3.63, 3.8) is 0 Å². The van der Waals surface area contributed by atoms with Crippen molar-refractivity contribution in [3.05, 3.63) is 35.5 Å². The highest BCUT2D eigenvalue weighted by molar-refractivity contribution is 5.94. The third-order valence-electron chi connectivity index (χ3n) is 4.34. The number of hydrogen-bond acceptors (Lipinski definition) is 3. The number of fused-ring (bicyclic) bond motifs is 1. The predicted octanol–water partition coefficient (Wildman–Crippen LogP) is 4.39. The van der Waals surface area contributed by atoms with Gasteiger partial charge in [0.15, 0.2) is 11.6 Å². The van der Waals surface area contributed by atoms with Crippen LogP contribution in [0.25, 0.3) is 11.3 Å². The Kier molecular flexibility index (Phi) is 4.78. The number of halogens is 1. The normalized spacial score (nSPS) is 14.1. The van der Waals surface area contributed by atoms with E-state index in [1.54, 1.807) is 11.0 Å². The van der Waals surface area contributed by atoms with Crippen LogP contribution in [0.15, 0.2) is 18.2 Å². The smallest absolute Gasteiger partial charge is 0.291 e. The van der Waals surface area contributed by atoms with Gasteiger partial charge >= 0.3 is 0 Å². The molecule has 140 valence electrons. The summed E-state index contributed by atoms with van der Waals surface area (Å²) in [4.78, 5) is 18.8. The fourth-order valence-electron chi connectivity index (χ4n) is 3.20. The largest absolute Gasteiger partial charge is 0.485 e. The number of benzene rings is 1. The molecule has 5 nitrogen and oxygen atoms in total. The summed E-state index contributed by atoms with van der Waals surface area (Å²) in [7, 11) is 0. The highest BCUT2D eigenvalue weighted by Gasteiger charge is 2.32. The van der Waals surface area contributed by atoms with Gasteiger partial charge in [0.1, 0.15) is 5.60 Å². The highest BCUT2D eigenvalue weighted by atomic mass is 19.1. The zero-order chi connectivity index (χ0) is 19.1. The predicted molar refractivity (Wildman–Crippen MR) is 98.7 cm³/mol. The van der Waals surface area contributed by atoms with Crippen molar-refractivity contribution in [2.45, 2.75) is 59.7 Å². The number of ether oxygens (including phenoxy) is 1. The van der Waals surface area contributed by atoms with Crippen molar-refractivity contribution in [1.82, 2.24) is 14.5 Å². The first kappa shape index (κ1) is 18.4. The minimum atomic E-state index is -0.470. The second-order valence-corrected chi connectivity index (χ2v) is 7.72. The summed E-state index contributed by atoms with van der Waals surface area (Å²) in [5.41, 5.74) is 1.74. The van der Waals surface area contributed by atoms with Gasteiger partial charge in [-0.05, 0) is 52.3 Å². The van der Waals surface area contributed by atoms with Crippen molar-refractivity contribution in [2.75, 3.05) is 6.54 Å². The topological polar surface area (TPSA) is 47.4 Å². The molecule has 0 saturated heterocycles. The Hall–Kier alpha value is -2.37. The van der Waals surface area contributed by atoms with Crippen LogP contribution in [0, 0.1) is 12.7 Å². The van der Waals surface area contributed by atoms with Crippen LogP contribution < -0.4 is 4.74 Å². The number of aryl methyl sites for hydroxylation is 1. The molecule has 0 bridgehead atoms. The molecule has 0 unspecified atom stereocenters. The Labute approximate surface area is 153 Å². The van der Waals surface area contributed by atoms with Crippen molar-refractivity contribution < 1.29 is 13.9 Å². The summed E-state index contributed by atoms with van der Waals surface area (Å²) >= 11 is 0. The Morgan fingerprint density at radius 2 is 2.04 bits per heavy atom. The fourth-order valence-corrected chi connectivity index (χ4v) is 3.20. The lowest BCUT2D eigenvalue weighted by Gasteiger charge is -2.22. The van der Waals surface area contributed by atoms with Gasteiger partial charge in [-0.1, -0.05) is 13.3 Å². The summed E-state index contributed by atoms with van der Waals surface area (Å²) in [5.74, 6) is 0.185. The van der Waals surface area contributed by atoms with Gasteiger partial charge in [0.05, 0.1) is 18.1 Å². The zero-order valence-corrected chi connectivity index (χ0v) is 16.1. The van der Waals surface area contributed by atoms with E-state index >= 15 is 0 Å². The van der Waals surface area contributed by atoms with Gasteiger partial charge in [-0.25, -0.2) is 9.37 Å². The van der Waals surface area contributed by atoms with Crippen LogP contribution in [0.4, 0.5) is 4.39 Å². The van der Waals surface area contributed by atoms with E-state index in [1.807, 2.05) is 38.3 Å². The molecule has 3 rings (SSSR count). The second kappa shape index (κ2) is 6.74. The van der Waals surface area contributed by atoms with Crippen LogP contribution in [0.1, 0.15) is 56.8 Å². The Balaban J connectivity index is 1.94. The molecular weight excluding hydrogens is 333 g/mol. The Morgan fingerprint density at radius 3 is 2.65 bits per heavy atom. The Bertz CT molecular complexity index is 836. The van der Waals surface area contributed by atoms with Crippen LogP contribution in [-0.4, -0.2) is 32.5 Å². The van der Waals surface area contributed by atoms with Crippen molar-refractivity contribution >= 4 is 5.91 Å². The lowest BCUT2D eigenvalue weighted by molar-refractivity contribution is 0.0763. The first-order valence-corrected chi connectivity index (χ1v) is 9.06. The van der Waals surface area contributed by atoms with Crippen molar-refractivity contribution in [1.29, 1.82) is 0 Å². The summed E-state index contributed by atoms with van der Waals surface area (Å²) in [5, 5.41) is 0. The van der Waals surface area contributed by atoms with Crippen LogP contribution in [-0.2, 0) is 6.67 Å². The third kappa shape index (κ3) is 3.45. The number of imidazole rings is 1. The van der Waals surface area contributed by atoms with E-state index in [-0.39, 0.29) is 11.7 Å². The summed E-state index contributed by atoms with van der Waals surface area (Å²) in [6, 6.07) is 4.92. The second-order valence-electron chi connectivity index (χ2n) is 7.72. The number of hydrogen-bond donors (Lipinski definition) is 0. The van der Waals surface area contributed by atoms with Gasteiger partial charge in [-0.2, -0.15) is 0 Å². The zero-order valence-electron chi connectivity index (χ0n) is 16.1. The number of amides is 1. The molecule has 1 aromatic heterocycles. The molecule has 1 aliphatic heterocycles. The first-order valence-electron chi connectivity index (χ1n) is 9.06. The molecule has 0 N–H and O–H groups in total. The molecule has 1 aromatic carbocycles. The fraction of sp³-hybridized carbons (Fsp3) is 0.500. The molecule has 0 radical (unpaired) electrons. The molecule has 6 heteroatoms. The molecule has 0 fully saturated rings. The van der Waals surface area contributed by atoms with Gasteiger partial charge in [-0.15, -0.1) is 0 Å². The minimum Gasteiger partial charge on any atom is -0.485 e. The van der Waals surface area contributed by atoms with E-state index in [2.05, 4.69) is 11.9 Å². The molecule has 1 aliphatic rings. The quantitative estimate of drug-likeness (QED) is 0.795. The number of carbonyl (C=O) groups is 1. The van der Waals surface area contributed by atoms with Gasteiger partial charge in [0.2, 0.25) is 5.82 Å². The highest BCUT2D eigenvalue weighted by Crippen LogP contribution is 2.32. The lowest BCUT2D eigenvalue weighted by Crippen LogP contribution is -2.26. The molecule has 0 atom stereocenters. The van der Waals surface area contributed by atoms with E-state index in [9.17, 15) is 9.18 Å².